The summed E-state index contributed by atoms with van der Waals surface area (Å²) in [5, 5.41) is 5.00. The smallest absolute Gasteiger partial charge is 0.160 e. The molecule has 0 N–H and O–H groups in total. The minimum atomic E-state index is 0.0936. The minimum Gasteiger partial charge on any atom is -0.309 e. The van der Waals surface area contributed by atoms with Crippen molar-refractivity contribution in [3.05, 3.63) is 236 Å². The maximum Gasteiger partial charge on any atom is 0.160 e. The highest BCUT2D eigenvalue weighted by molar-refractivity contribution is 6.17. The Balaban J connectivity index is 0.960. The molecule has 3 heterocycles. The molecule has 12 rings (SSSR count). The number of nitrogens with zero attached hydrogens (tertiary/aromatic N) is 4. The number of allylic oxidation sites excluding steroid dienone is 4. The largest absolute Gasteiger partial charge is 0.309 e. The Hall–Kier alpha value is -8.08. The molecule has 0 saturated carbocycles. The number of aromatic nitrogens is 4. The molecule has 2 atom stereocenters. The topological polar surface area (TPSA) is 35.6 Å². The van der Waals surface area contributed by atoms with Gasteiger partial charge in [-0.3, -0.25) is 0 Å². The SMILES string of the molecule is CC1C=C(c2cccc3c2c2ccccc2n3-c2cccc(-c3cccc4c3c3ccccc3n4-c3ccccc3)c2)C=CC1c1cc(-c2ccccc2)nc(-c2ccccc2)n1. The summed E-state index contributed by atoms with van der Waals surface area (Å²) in [6.45, 7) is 2.31. The maximum atomic E-state index is 5.21. The Labute approximate surface area is 366 Å². The minimum absolute atomic E-state index is 0.0936. The monoisotopic (exact) mass is 806 g/mol. The van der Waals surface area contributed by atoms with Crippen molar-refractivity contribution in [2.45, 2.75) is 12.8 Å². The maximum absolute atomic E-state index is 5.21. The van der Waals surface area contributed by atoms with Gasteiger partial charge < -0.3 is 9.13 Å². The molecule has 4 nitrogen and oxygen atoms in total. The van der Waals surface area contributed by atoms with Crippen LogP contribution in [-0.4, -0.2) is 19.1 Å². The van der Waals surface area contributed by atoms with Gasteiger partial charge in [-0.05, 0) is 82.8 Å². The van der Waals surface area contributed by atoms with Crippen LogP contribution in [0.1, 0.15) is 24.1 Å². The van der Waals surface area contributed by atoms with E-state index in [0.717, 1.165) is 39.7 Å². The van der Waals surface area contributed by atoms with Gasteiger partial charge in [0.15, 0.2) is 5.82 Å². The van der Waals surface area contributed by atoms with Crippen LogP contribution in [-0.2, 0) is 0 Å². The summed E-state index contributed by atoms with van der Waals surface area (Å²) in [6.07, 6.45) is 7.10. The third-order valence-electron chi connectivity index (χ3n) is 12.8. The van der Waals surface area contributed by atoms with Crippen LogP contribution < -0.4 is 0 Å². The Kier molecular flexibility index (Phi) is 8.82. The van der Waals surface area contributed by atoms with Crippen LogP contribution in [0.5, 0.6) is 0 Å². The Bertz CT molecular complexity index is 3520. The van der Waals surface area contributed by atoms with Gasteiger partial charge in [-0.25, -0.2) is 9.97 Å². The van der Waals surface area contributed by atoms with Gasteiger partial charge in [-0.1, -0.05) is 177 Å². The summed E-state index contributed by atoms with van der Waals surface area (Å²) >= 11 is 0. The van der Waals surface area contributed by atoms with Crippen LogP contribution in [0.2, 0.25) is 0 Å². The first-order valence-corrected chi connectivity index (χ1v) is 21.8. The van der Waals surface area contributed by atoms with Crippen LogP contribution in [0, 0.1) is 5.92 Å². The number of hydrogen-bond donors (Lipinski definition) is 0. The average molecular weight is 807 g/mol. The van der Waals surface area contributed by atoms with Crippen molar-refractivity contribution in [3.63, 3.8) is 0 Å². The quantitative estimate of drug-likeness (QED) is 0.161. The van der Waals surface area contributed by atoms with E-state index in [1.807, 2.05) is 24.3 Å². The van der Waals surface area contributed by atoms with E-state index >= 15 is 0 Å². The molecule has 3 aromatic heterocycles. The van der Waals surface area contributed by atoms with Crippen molar-refractivity contribution in [3.8, 4) is 45.1 Å². The third-order valence-corrected chi connectivity index (χ3v) is 12.8. The van der Waals surface area contributed by atoms with E-state index in [2.05, 4.69) is 216 Å². The fraction of sp³-hybridized carbons (Fsp3) is 0.0508. The first kappa shape index (κ1) is 36.7. The second-order valence-corrected chi connectivity index (χ2v) is 16.6. The zero-order valence-corrected chi connectivity index (χ0v) is 34.8. The summed E-state index contributed by atoms with van der Waals surface area (Å²) in [4.78, 5) is 10.3. The van der Waals surface area contributed by atoms with Crippen LogP contribution >= 0.6 is 0 Å². The number of benzene rings is 8. The number of rotatable bonds is 7. The van der Waals surface area contributed by atoms with Crippen LogP contribution in [0.4, 0.5) is 0 Å². The third kappa shape index (κ3) is 6.22. The van der Waals surface area contributed by atoms with E-state index in [4.69, 9.17) is 9.97 Å². The van der Waals surface area contributed by atoms with Gasteiger partial charge in [0.05, 0.1) is 33.5 Å². The highest BCUT2D eigenvalue weighted by atomic mass is 15.0. The lowest BCUT2D eigenvalue weighted by atomic mass is 9.82. The van der Waals surface area contributed by atoms with Crippen LogP contribution in [0.3, 0.4) is 0 Å². The van der Waals surface area contributed by atoms with Gasteiger partial charge in [0.1, 0.15) is 0 Å². The summed E-state index contributed by atoms with van der Waals surface area (Å²) < 4.78 is 4.84. The van der Waals surface area contributed by atoms with Gasteiger partial charge >= 0.3 is 0 Å². The van der Waals surface area contributed by atoms with Crippen LogP contribution in [0.15, 0.2) is 224 Å². The molecule has 63 heavy (non-hydrogen) atoms. The fourth-order valence-electron chi connectivity index (χ4n) is 9.95. The van der Waals surface area contributed by atoms with Gasteiger partial charge in [-0.15, -0.1) is 0 Å². The molecule has 0 bridgehead atoms. The van der Waals surface area contributed by atoms with Gasteiger partial charge in [0.2, 0.25) is 0 Å². The molecule has 2 unspecified atom stereocenters. The lowest BCUT2D eigenvalue weighted by Crippen LogP contribution is -2.12. The molecule has 298 valence electrons. The summed E-state index contributed by atoms with van der Waals surface area (Å²) in [5.74, 6) is 1.04. The Morgan fingerprint density at radius 1 is 0.429 bits per heavy atom. The predicted molar refractivity (Wildman–Crippen MR) is 262 cm³/mol. The zero-order valence-electron chi connectivity index (χ0n) is 34.8. The summed E-state index contributed by atoms with van der Waals surface area (Å²) in [6, 6.07) is 73.8. The molecule has 1 aliphatic carbocycles. The van der Waals surface area contributed by atoms with E-state index < -0.39 is 0 Å². The Morgan fingerprint density at radius 3 is 1.63 bits per heavy atom. The van der Waals surface area contributed by atoms with Crippen molar-refractivity contribution in [1.82, 2.24) is 19.1 Å². The zero-order chi connectivity index (χ0) is 41.9. The molecule has 0 spiro atoms. The second kappa shape index (κ2) is 15.1. The standard InChI is InChI=1S/C59H42N4/c1-39-36-43(34-35-46(39)52-38-51(40-18-5-2-6-19-40)60-59(61-52)41-20-7-3-8-21-41)48-29-17-33-56-58(48)50-27-12-14-31-54(50)63(56)45-25-15-22-42(37-45)47-28-16-32-55-57(47)49-26-11-13-30-53(49)62(55)44-23-9-4-10-24-44/h2-39,46H,1H3. The molecular formula is C59H42N4. The molecule has 0 aliphatic heterocycles. The lowest BCUT2D eigenvalue weighted by molar-refractivity contribution is 0.622. The summed E-state index contributed by atoms with van der Waals surface area (Å²) in [7, 11) is 0. The molecule has 0 saturated heterocycles. The van der Waals surface area contributed by atoms with E-state index in [0.29, 0.717) is 0 Å². The van der Waals surface area contributed by atoms with Crippen molar-refractivity contribution in [1.29, 1.82) is 0 Å². The highest BCUT2D eigenvalue weighted by Crippen LogP contribution is 2.43. The molecule has 11 aromatic rings. The predicted octanol–water partition coefficient (Wildman–Crippen LogP) is 15.0. The average Bonchev–Trinajstić information content (AvgIpc) is 3.88. The molecule has 1 aliphatic rings. The van der Waals surface area contributed by atoms with Gasteiger partial charge in [0, 0.05) is 50.0 Å². The molecule has 0 fully saturated rings. The number of para-hydroxylation sites is 3. The first-order chi connectivity index (χ1) is 31.2. The Morgan fingerprint density at radius 2 is 0.952 bits per heavy atom. The number of fused-ring (bicyclic) bond motifs is 6. The molecule has 8 aromatic carbocycles. The molecule has 4 heteroatoms. The molecular weight excluding hydrogens is 765 g/mol. The van der Waals surface area contributed by atoms with Crippen molar-refractivity contribution in [2.75, 3.05) is 0 Å². The van der Waals surface area contributed by atoms with E-state index in [1.54, 1.807) is 0 Å². The fourth-order valence-corrected chi connectivity index (χ4v) is 9.95. The van der Waals surface area contributed by atoms with Crippen molar-refractivity contribution < 1.29 is 0 Å². The van der Waals surface area contributed by atoms with E-state index in [-0.39, 0.29) is 11.8 Å². The number of hydrogen-bond acceptors (Lipinski definition) is 2. The first-order valence-electron chi connectivity index (χ1n) is 21.8. The second-order valence-electron chi connectivity index (χ2n) is 16.6. The van der Waals surface area contributed by atoms with E-state index in [9.17, 15) is 0 Å². The summed E-state index contributed by atoms with van der Waals surface area (Å²) in [5.41, 5.74) is 16.0. The van der Waals surface area contributed by atoms with Crippen molar-refractivity contribution in [2.24, 2.45) is 5.92 Å². The normalized spacial score (nSPS) is 15.1. The van der Waals surface area contributed by atoms with E-state index in [1.165, 1.54) is 65.9 Å². The van der Waals surface area contributed by atoms with Gasteiger partial charge in [0.25, 0.3) is 0 Å². The molecule has 0 amide bonds. The van der Waals surface area contributed by atoms with Crippen LogP contribution in [0.25, 0.3) is 94.3 Å². The molecule has 0 radical (unpaired) electrons. The lowest BCUT2D eigenvalue weighted by Gasteiger charge is -2.24. The van der Waals surface area contributed by atoms with Gasteiger partial charge in [-0.2, -0.15) is 0 Å². The van der Waals surface area contributed by atoms with Crippen molar-refractivity contribution >= 4 is 49.2 Å². The highest BCUT2D eigenvalue weighted by Gasteiger charge is 2.25.